The van der Waals surface area contributed by atoms with Crippen molar-refractivity contribution in [3.05, 3.63) is 143 Å². The van der Waals surface area contributed by atoms with Gasteiger partial charge in [0.25, 0.3) is 0 Å². The van der Waals surface area contributed by atoms with Gasteiger partial charge in [-0.05, 0) is 84.7 Å². The van der Waals surface area contributed by atoms with E-state index in [1.54, 1.807) is 5.48 Å². The molecule has 0 heterocycles. The highest BCUT2D eigenvalue weighted by atomic mass is 16.5. The highest BCUT2D eigenvalue weighted by Gasteiger charge is 2.03. The van der Waals surface area contributed by atoms with Crippen LogP contribution in [0.15, 0.2) is 109 Å². The zero-order chi connectivity index (χ0) is 29.8. The summed E-state index contributed by atoms with van der Waals surface area (Å²) in [4.78, 5) is 22.2. The van der Waals surface area contributed by atoms with Crippen molar-refractivity contribution in [1.29, 1.82) is 0 Å². The van der Waals surface area contributed by atoms with Crippen LogP contribution in [0.3, 0.4) is 0 Å². The fourth-order valence-corrected chi connectivity index (χ4v) is 4.72. The summed E-state index contributed by atoms with van der Waals surface area (Å²) in [5, 5.41) is 8.49. The van der Waals surface area contributed by atoms with Gasteiger partial charge < -0.3 is 4.74 Å². The summed E-state index contributed by atoms with van der Waals surface area (Å²) in [6, 6.07) is 37.4. The number of methoxy groups -OCH3 is 1. The lowest BCUT2D eigenvalue weighted by molar-refractivity contribution is -0.139. The number of hydroxylamine groups is 1. The molecular formula is C37H43NO4. The Bertz CT molecular complexity index is 1200. The quantitative estimate of drug-likeness (QED) is 0.0730. The third-order valence-corrected chi connectivity index (χ3v) is 7.16. The van der Waals surface area contributed by atoms with E-state index < -0.39 is 0 Å². The third kappa shape index (κ3) is 13.0. The van der Waals surface area contributed by atoms with Gasteiger partial charge in [-0.1, -0.05) is 109 Å². The van der Waals surface area contributed by atoms with E-state index in [0.29, 0.717) is 6.42 Å². The van der Waals surface area contributed by atoms with Crippen LogP contribution in [0.5, 0.6) is 0 Å². The van der Waals surface area contributed by atoms with E-state index in [0.717, 1.165) is 43.2 Å². The minimum Gasteiger partial charge on any atom is -0.469 e. The van der Waals surface area contributed by atoms with Gasteiger partial charge in [-0.2, -0.15) is 0 Å². The molecule has 0 bridgehead atoms. The van der Waals surface area contributed by atoms with E-state index in [9.17, 15) is 9.59 Å². The Kier molecular flexibility index (Phi) is 14.6. The van der Waals surface area contributed by atoms with Gasteiger partial charge in [-0.15, -0.1) is 0 Å². The second kappa shape index (κ2) is 19.0. The molecule has 4 aromatic rings. The van der Waals surface area contributed by atoms with Crippen molar-refractivity contribution in [3.63, 3.8) is 0 Å². The van der Waals surface area contributed by atoms with Gasteiger partial charge in [-0.25, -0.2) is 5.48 Å². The van der Waals surface area contributed by atoms with E-state index in [-0.39, 0.29) is 18.3 Å². The molecule has 0 fully saturated rings. The molecule has 5 heteroatoms. The summed E-state index contributed by atoms with van der Waals surface area (Å²) >= 11 is 0. The Balaban J connectivity index is 0.000000230. The van der Waals surface area contributed by atoms with Gasteiger partial charge >= 0.3 is 5.97 Å². The Morgan fingerprint density at radius 2 is 0.857 bits per heavy atom. The Hall–Kier alpha value is -4.22. The second-order valence-electron chi connectivity index (χ2n) is 10.5. The van der Waals surface area contributed by atoms with Gasteiger partial charge in [-0.3, -0.25) is 14.8 Å². The monoisotopic (exact) mass is 565 g/mol. The molecule has 2 N–H and O–H groups in total. The van der Waals surface area contributed by atoms with E-state index in [1.165, 1.54) is 48.6 Å². The molecule has 0 saturated carbocycles. The zero-order valence-corrected chi connectivity index (χ0v) is 24.6. The number of amides is 1. The van der Waals surface area contributed by atoms with Gasteiger partial charge in [0.1, 0.15) is 0 Å². The molecular weight excluding hydrogens is 522 g/mol. The first kappa shape index (κ1) is 32.3. The fraction of sp³-hybridized carbons (Fsp3) is 0.297. The number of unbranched alkanes of at least 4 members (excludes halogenated alkanes) is 2. The predicted octanol–water partition coefficient (Wildman–Crippen LogP) is 7.27. The molecule has 0 unspecified atom stereocenters. The molecule has 0 aliphatic carbocycles. The number of benzene rings is 4. The first-order valence-corrected chi connectivity index (χ1v) is 14.8. The summed E-state index contributed by atoms with van der Waals surface area (Å²) in [6.45, 7) is 0. The van der Waals surface area contributed by atoms with Crippen LogP contribution in [0.2, 0.25) is 0 Å². The summed E-state index contributed by atoms with van der Waals surface area (Å²) in [6.07, 6.45) is 9.69. The highest BCUT2D eigenvalue weighted by Crippen LogP contribution is 2.12. The fourth-order valence-electron chi connectivity index (χ4n) is 4.72. The van der Waals surface area contributed by atoms with Gasteiger partial charge in [0.2, 0.25) is 5.91 Å². The van der Waals surface area contributed by atoms with Crippen LogP contribution in [0, 0.1) is 0 Å². The van der Waals surface area contributed by atoms with Crippen molar-refractivity contribution in [1.82, 2.24) is 5.48 Å². The number of hydrogen-bond donors (Lipinski definition) is 2. The Labute approximate surface area is 250 Å². The maximum Gasteiger partial charge on any atom is 0.309 e. The van der Waals surface area contributed by atoms with Crippen LogP contribution in [0.25, 0.3) is 0 Å². The largest absolute Gasteiger partial charge is 0.469 e. The van der Waals surface area contributed by atoms with Crippen molar-refractivity contribution in [2.75, 3.05) is 7.11 Å². The van der Waals surface area contributed by atoms with Crippen LogP contribution >= 0.6 is 0 Å². The third-order valence-electron chi connectivity index (χ3n) is 7.16. The molecule has 0 atom stereocenters. The van der Waals surface area contributed by atoms with Crippen molar-refractivity contribution in [3.8, 4) is 0 Å². The standard InChI is InChI=1S/C19H22O2.C18H21NO2/c1-21-19(20)15-18-13-11-17(12-14-18)10-6-5-9-16-7-3-2-4-8-16;20-18(19-21)14-17-12-10-16(11-13-17)9-5-4-8-15-6-2-1-3-7-15/h2-4,7-8,11-14H,5-6,9-10,15H2,1H3;1-3,6-7,10-13,21H,4-5,8-9,14H2,(H,19,20). The van der Waals surface area contributed by atoms with Crippen molar-refractivity contribution in [2.45, 2.75) is 64.2 Å². The number of aryl methyl sites for hydroxylation is 4. The van der Waals surface area contributed by atoms with Crippen molar-refractivity contribution in [2.24, 2.45) is 0 Å². The van der Waals surface area contributed by atoms with Crippen LogP contribution < -0.4 is 5.48 Å². The number of carbonyl (C=O) groups is 2. The Morgan fingerprint density at radius 1 is 0.524 bits per heavy atom. The average molecular weight is 566 g/mol. The second-order valence-corrected chi connectivity index (χ2v) is 10.5. The first-order chi connectivity index (χ1) is 20.6. The molecule has 4 aromatic carbocycles. The first-order valence-electron chi connectivity index (χ1n) is 14.8. The maximum absolute atomic E-state index is 11.2. The molecule has 220 valence electrons. The van der Waals surface area contributed by atoms with Gasteiger partial charge in [0, 0.05) is 0 Å². The molecule has 1 amide bonds. The lowest BCUT2D eigenvalue weighted by Crippen LogP contribution is -2.20. The number of nitrogens with one attached hydrogen (secondary N) is 1. The minimum atomic E-state index is -0.384. The number of ether oxygens (including phenoxy) is 1. The molecule has 0 spiro atoms. The molecule has 0 aromatic heterocycles. The molecule has 0 aliphatic rings. The van der Waals surface area contributed by atoms with Crippen LogP contribution in [0.4, 0.5) is 0 Å². The lowest BCUT2D eigenvalue weighted by atomic mass is 10.0. The summed E-state index contributed by atoms with van der Waals surface area (Å²) in [7, 11) is 1.42. The smallest absolute Gasteiger partial charge is 0.309 e. The maximum atomic E-state index is 11.2. The topological polar surface area (TPSA) is 75.6 Å². The lowest BCUT2D eigenvalue weighted by Gasteiger charge is -2.04. The van der Waals surface area contributed by atoms with Crippen LogP contribution in [-0.2, 0) is 52.9 Å². The van der Waals surface area contributed by atoms with E-state index in [1.807, 2.05) is 30.3 Å². The van der Waals surface area contributed by atoms with E-state index >= 15 is 0 Å². The summed E-state index contributed by atoms with van der Waals surface area (Å²) in [5.74, 6) is -0.573. The van der Waals surface area contributed by atoms with Crippen molar-refractivity contribution < 1.29 is 19.5 Å². The van der Waals surface area contributed by atoms with Gasteiger partial charge in [0.05, 0.1) is 20.0 Å². The average Bonchev–Trinajstić information content (AvgIpc) is 3.04. The molecule has 4 rings (SSSR count). The number of carbonyl (C=O) groups excluding carboxylic acids is 2. The molecule has 5 nitrogen and oxygen atoms in total. The van der Waals surface area contributed by atoms with E-state index in [2.05, 4.69) is 83.6 Å². The molecule has 0 aliphatic heterocycles. The minimum absolute atomic E-state index is 0.189. The van der Waals surface area contributed by atoms with E-state index in [4.69, 9.17) is 5.21 Å². The van der Waals surface area contributed by atoms with Crippen LogP contribution in [-0.4, -0.2) is 24.2 Å². The number of hydrogen-bond acceptors (Lipinski definition) is 4. The van der Waals surface area contributed by atoms with Crippen LogP contribution in [0.1, 0.15) is 59.1 Å². The zero-order valence-electron chi connectivity index (χ0n) is 24.6. The summed E-state index contributed by atoms with van der Waals surface area (Å²) < 4.78 is 4.67. The molecule has 0 saturated heterocycles. The summed E-state index contributed by atoms with van der Waals surface area (Å²) in [5.41, 5.74) is 8.99. The predicted molar refractivity (Wildman–Crippen MR) is 168 cm³/mol. The highest BCUT2D eigenvalue weighted by molar-refractivity contribution is 5.77. The van der Waals surface area contributed by atoms with Gasteiger partial charge in [0.15, 0.2) is 0 Å². The normalized spacial score (nSPS) is 10.3. The molecule has 42 heavy (non-hydrogen) atoms. The molecule has 0 radical (unpaired) electrons. The number of esters is 1. The SMILES string of the molecule is COC(=O)Cc1ccc(CCCCc2ccccc2)cc1.O=C(Cc1ccc(CCCCc2ccccc2)cc1)NO. The number of rotatable bonds is 14. The Morgan fingerprint density at radius 3 is 1.21 bits per heavy atom. The van der Waals surface area contributed by atoms with Crippen molar-refractivity contribution >= 4 is 11.9 Å².